The van der Waals surface area contributed by atoms with Gasteiger partial charge in [-0.3, -0.25) is 14.3 Å². The number of fused-ring (bicyclic) bond motifs is 1. The summed E-state index contributed by atoms with van der Waals surface area (Å²) in [5, 5.41) is 9.37. The number of imidazole rings is 1. The van der Waals surface area contributed by atoms with Gasteiger partial charge in [-0.25, -0.2) is 4.98 Å². The van der Waals surface area contributed by atoms with E-state index >= 15 is 0 Å². The third-order valence-electron chi connectivity index (χ3n) is 3.73. The van der Waals surface area contributed by atoms with E-state index < -0.39 is 11.7 Å². The fraction of sp³-hybridized carbons (Fsp3) is 0.353. The number of aromatic amines is 1. The molecule has 0 saturated carbocycles. The molecule has 0 radical (unpaired) electrons. The van der Waals surface area contributed by atoms with E-state index in [1.807, 2.05) is 30.3 Å². The molecular weight excluding hydrogens is 354 g/mol. The molecule has 0 aliphatic rings. The third kappa shape index (κ3) is 5.11. The number of hydrogen-bond donors (Lipinski definition) is 3. The van der Waals surface area contributed by atoms with E-state index in [1.54, 1.807) is 0 Å². The summed E-state index contributed by atoms with van der Waals surface area (Å²) in [5.74, 6) is 0.00130. The predicted octanol–water partition coefficient (Wildman–Crippen LogP) is 0.228. The number of rotatable bonds is 10. The average molecular weight is 375 g/mol. The van der Waals surface area contributed by atoms with Gasteiger partial charge < -0.3 is 25.1 Å². The van der Waals surface area contributed by atoms with Gasteiger partial charge >= 0.3 is 0 Å². The zero-order valence-corrected chi connectivity index (χ0v) is 14.6. The van der Waals surface area contributed by atoms with Crippen LogP contribution in [0.4, 0.5) is 5.95 Å². The first-order valence-electron chi connectivity index (χ1n) is 8.30. The van der Waals surface area contributed by atoms with Gasteiger partial charge in [0.2, 0.25) is 5.95 Å². The lowest BCUT2D eigenvalue weighted by Crippen LogP contribution is -2.25. The highest BCUT2D eigenvalue weighted by Gasteiger charge is 2.11. The second kappa shape index (κ2) is 9.24. The minimum atomic E-state index is -0.509. The normalized spacial score (nSPS) is 12.5. The number of nitrogens with two attached hydrogens (primary N) is 1. The van der Waals surface area contributed by atoms with Gasteiger partial charge in [-0.15, -0.1) is 0 Å². The maximum absolute atomic E-state index is 11.7. The Bertz CT molecular complexity index is 911. The third-order valence-corrected chi connectivity index (χ3v) is 3.73. The van der Waals surface area contributed by atoms with Crippen molar-refractivity contribution in [2.24, 2.45) is 0 Å². The van der Waals surface area contributed by atoms with Gasteiger partial charge in [0.05, 0.1) is 26.1 Å². The molecule has 10 nitrogen and oxygen atoms in total. The number of ether oxygens (including phenoxy) is 3. The first-order chi connectivity index (χ1) is 13.2. The molecule has 27 heavy (non-hydrogen) atoms. The van der Waals surface area contributed by atoms with Crippen molar-refractivity contribution < 1.29 is 19.3 Å². The van der Waals surface area contributed by atoms with E-state index in [-0.39, 0.29) is 38.2 Å². The summed E-state index contributed by atoms with van der Waals surface area (Å²) < 4.78 is 17.9. The Hall–Kier alpha value is -2.79. The summed E-state index contributed by atoms with van der Waals surface area (Å²) in [6.07, 6.45) is 0.920. The Labute approximate surface area is 154 Å². The molecule has 0 bridgehead atoms. The van der Waals surface area contributed by atoms with Gasteiger partial charge in [0.15, 0.2) is 11.2 Å². The SMILES string of the molecule is Nc1nc2c(ncn2COCOC(CO)COCc2ccccc2)c(=O)[nH]1. The van der Waals surface area contributed by atoms with Gasteiger partial charge in [0.25, 0.3) is 5.56 Å². The van der Waals surface area contributed by atoms with Crippen LogP contribution in [0.2, 0.25) is 0 Å². The van der Waals surface area contributed by atoms with Crippen LogP contribution in [0.5, 0.6) is 0 Å². The van der Waals surface area contributed by atoms with Crippen molar-refractivity contribution in [3.05, 3.63) is 52.6 Å². The number of H-pyrrole nitrogens is 1. The summed E-state index contributed by atoms with van der Waals surface area (Å²) in [5.41, 5.74) is 6.66. The Morgan fingerprint density at radius 1 is 1.26 bits per heavy atom. The molecule has 144 valence electrons. The highest BCUT2D eigenvalue weighted by molar-refractivity contribution is 5.70. The molecule has 1 aromatic carbocycles. The molecule has 1 atom stereocenters. The van der Waals surface area contributed by atoms with Crippen molar-refractivity contribution in [1.29, 1.82) is 0 Å². The monoisotopic (exact) mass is 375 g/mol. The average Bonchev–Trinajstić information content (AvgIpc) is 3.07. The van der Waals surface area contributed by atoms with Crippen LogP contribution in [0.1, 0.15) is 5.56 Å². The summed E-state index contributed by atoms with van der Waals surface area (Å²) in [4.78, 5) is 22.1. The molecule has 1 unspecified atom stereocenters. The second-order valence-electron chi connectivity index (χ2n) is 5.76. The van der Waals surface area contributed by atoms with Crippen molar-refractivity contribution in [3.8, 4) is 0 Å². The van der Waals surface area contributed by atoms with Gasteiger partial charge in [-0.2, -0.15) is 4.98 Å². The lowest BCUT2D eigenvalue weighted by molar-refractivity contribution is -0.138. The lowest BCUT2D eigenvalue weighted by Gasteiger charge is -2.16. The van der Waals surface area contributed by atoms with E-state index in [0.717, 1.165) is 5.56 Å². The van der Waals surface area contributed by atoms with E-state index in [0.29, 0.717) is 12.3 Å². The van der Waals surface area contributed by atoms with Crippen LogP contribution < -0.4 is 11.3 Å². The minimum absolute atomic E-state index is 0.00130. The predicted molar refractivity (Wildman–Crippen MR) is 96.6 cm³/mol. The standard InChI is InChI=1S/C17H21N5O5/c18-17-20-15-14(16(24)21-17)19-9-22(15)10-26-11-27-13(6-23)8-25-7-12-4-2-1-3-5-12/h1-5,9,13,23H,6-8,10-11H2,(H3,18,20,21,24). The summed E-state index contributed by atoms with van der Waals surface area (Å²) in [7, 11) is 0. The van der Waals surface area contributed by atoms with Crippen LogP contribution >= 0.6 is 0 Å². The summed E-state index contributed by atoms with van der Waals surface area (Å²) in [6.45, 7) is 0.466. The minimum Gasteiger partial charge on any atom is -0.394 e. The molecule has 0 amide bonds. The Kier molecular flexibility index (Phi) is 6.49. The van der Waals surface area contributed by atoms with Crippen LogP contribution in [0.15, 0.2) is 41.5 Å². The number of anilines is 1. The van der Waals surface area contributed by atoms with Crippen molar-refractivity contribution in [2.75, 3.05) is 25.7 Å². The highest BCUT2D eigenvalue weighted by atomic mass is 16.7. The van der Waals surface area contributed by atoms with Gasteiger partial charge in [-0.1, -0.05) is 30.3 Å². The molecule has 0 aliphatic heterocycles. The zero-order valence-electron chi connectivity index (χ0n) is 14.6. The van der Waals surface area contributed by atoms with E-state index in [1.165, 1.54) is 10.9 Å². The van der Waals surface area contributed by atoms with E-state index in [9.17, 15) is 9.90 Å². The molecule has 0 saturated heterocycles. The molecule has 2 heterocycles. The van der Waals surface area contributed by atoms with Crippen LogP contribution in [-0.4, -0.2) is 50.7 Å². The number of aromatic nitrogens is 4. The quantitative estimate of drug-likeness (QED) is 0.338. The summed E-state index contributed by atoms with van der Waals surface area (Å²) in [6, 6.07) is 9.72. The smallest absolute Gasteiger partial charge is 0.280 e. The Morgan fingerprint density at radius 2 is 2.07 bits per heavy atom. The molecule has 0 fully saturated rings. The lowest BCUT2D eigenvalue weighted by atomic mass is 10.2. The number of aliphatic hydroxyl groups is 1. The first-order valence-corrected chi connectivity index (χ1v) is 8.30. The van der Waals surface area contributed by atoms with Crippen molar-refractivity contribution in [2.45, 2.75) is 19.4 Å². The highest BCUT2D eigenvalue weighted by Crippen LogP contribution is 2.07. The number of hydrogen-bond acceptors (Lipinski definition) is 8. The van der Waals surface area contributed by atoms with Crippen LogP contribution in [0, 0.1) is 0 Å². The maximum atomic E-state index is 11.7. The van der Waals surface area contributed by atoms with E-state index in [4.69, 9.17) is 19.9 Å². The van der Waals surface area contributed by atoms with Crippen molar-refractivity contribution >= 4 is 17.1 Å². The van der Waals surface area contributed by atoms with Crippen molar-refractivity contribution in [1.82, 2.24) is 19.5 Å². The van der Waals surface area contributed by atoms with Gasteiger partial charge in [0, 0.05) is 0 Å². The van der Waals surface area contributed by atoms with Crippen LogP contribution in [0.3, 0.4) is 0 Å². The fourth-order valence-corrected chi connectivity index (χ4v) is 2.38. The molecule has 10 heteroatoms. The van der Waals surface area contributed by atoms with E-state index in [2.05, 4.69) is 15.0 Å². The number of nitrogen functional groups attached to an aromatic ring is 1. The molecular formula is C17H21N5O5. The van der Waals surface area contributed by atoms with Gasteiger partial charge in [-0.05, 0) is 5.56 Å². The van der Waals surface area contributed by atoms with Crippen molar-refractivity contribution in [3.63, 3.8) is 0 Å². The fourth-order valence-electron chi connectivity index (χ4n) is 2.38. The maximum Gasteiger partial charge on any atom is 0.280 e. The Balaban J connectivity index is 1.43. The molecule has 4 N–H and O–H groups in total. The molecule has 2 aromatic heterocycles. The number of nitrogens with one attached hydrogen (secondary N) is 1. The molecule has 0 spiro atoms. The first kappa shape index (κ1) is 19.0. The zero-order chi connectivity index (χ0) is 19.1. The largest absolute Gasteiger partial charge is 0.394 e. The van der Waals surface area contributed by atoms with Gasteiger partial charge in [0.1, 0.15) is 19.6 Å². The van der Waals surface area contributed by atoms with Crippen LogP contribution in [-0.2, 0) is 27.5 Å². The second-order valence-corrected chi connectivity index (χ2v) is 5.76. The molecule has 0 aliphatic carbocycles. The molecule has 3 aromatic rings. The number of aliphatic hydroxyl groups excluding tert-OH is 1. The van der Waals surface area contributed by atoms with Crippen LogP contribution in [0.25, 0.3) is 11.2 Å². The molecule has 3 rings (SSSR count). The number of nitrogens with zero attached hydrogens (tertiary/aromatic N) is 3. The topological polar surface area (TPSA) is 138 Å². The summed E-state index contributed by atoms with van der Waals surface area (Å²) >= 11 is 0. The number of benzene rings is 1. The Morgan fingerprint density at radius 3 is 2.85 bits per heavy atom.